The van der Waals surface area contributed by atoms with Crippen molar-refractivity contribution in [2.45, 2.75) is 50.6 Å². The van der Waals surface area contributed by atoms with Crippen LogP contribution < -0.4 is 5.32 Å². The SMILES string of the molecule is CNC(C)(CO)CCCCN(C)C1CCN(C)CC1. The maximum Gasteiger partial charge on any atom is 0.0610 e. The minimum Gasteiger partial charge on any atom is -0.394 e. The molecule has 1 heterocycles. The van der Waals surface area contributed by atoms with Gasteiger partial charge in [0.1, 0.15) is 0 Å². The number of piperidine rings is 1. The lowest BCUT2D eigenvalue weighted by molar-refractivity contribution is 0.138. The van der Waals surface area contributed by atoms with Crippen molar-refractivity contribution in [1.29, 1.82) is 0 Å². The second-order valence-corrected chi connectivity index (χ2v) is 6.44. The molecule has 2 N–H and O–H groups in total. The first-order chi connectivity index (χ1) is 9.00. The van der Waals surface area contributed by atoms with Crippen molar-refractivity contribution in [1.82, 2.24) is 15.1 Å². The number of nitrogens with zero attached hydrogens (tertiary/aromatic N) is 2. The number of hydrogen-bond donors (Lipinski definition) is 2. The van der Waals surface area contributed by atoms with Crippen LogP contribution in [0.1, 0.15) is 39.0 Å². The van der Waals surface area contributed by atoms with Gasteiger partial charge in [0.15, 0.2) is 0 Å². The monoisotopic (exact) mass is 271 g/mol. The Bertz CT molecular complexity index is 236. The van der Waals surface area contributed by atoms with E-state index >= 15 is 0 Å². The van der Waals surface area contributed by atoms with Crippen LogP contribution in [0.5, 0.6) is 0 Å². The van der Waals surface area contributed by atoms with Gasteiger partial charge in [0, 0.05) is 11.6 Å². The summed E-state index contributed by atoms with van der Waals surface area (Å²) in [4.78, 5) is 4.95. The van der Waals surface area contributed by atoms with Gasteiger partial charge in [0.2, 0.25) is 0 Å². The van der Waals surface area contributed by atoms with Crippen molar-refractivity contribution in [2.24, 2.45) is 0 Å². The van der Waals surface area contributed by atoms with Crippen molar-refractivity contribution < 1.29 is 5.11 Å². The highest BCUT2D eigenvalue weighted by Crippen LogP contribution is 2.16. The Hall–Kier alpha value is -0.160. The van der Waals surface area contributed by atoms with E-state index in [1.165, 1.54) is 45.3 Å². The van der Waals surface area contributed by atoms with E-state index in [2.05, 4.69) is 36.1 Å². The highest BCUT2D eigenvalue weighted by molar-refractivity contribution is 4.81. The van der Waals surface area contributed by atoms with Gasteiger partial charge in [-0.05, 0) is 73.4 Å². The minimum atomic E-state index is -0.105. The van der Waals surface area contributed by atoms with Gasteiger partial charge in [0.05, 0.1) is 6.61 Å². The second-order valence-electron chi connectivity index (χ2n) is 6.44. The van der Waals surface area contributed by atoms with Crippen LogP contribution >= 0.6 is 0 Å². The topological polar surface area (TPSA) is 38.7 Å². The van der Waals surface area contributed by atoms with Gasteiger partial charge in [-0.2, -0.15) is 0 Å². The molecule has 4 heteroatoms. The number of likely N-dealkylation sites (N-methyl/N-ethyl adjacent to an activating group) is 1. The lowest BCUT2D eigenvalue weighted by Crippen LogP contribution is -2.44. The van der Waals surface area contributed by atoms with Crippen molar-refractivity contribution in [3.63, 3.8) is 0 Å². The summed E-state index contributed by atoms with van der Waals surface area (Å²) in [6.45, 7) is 5.95. The third kappa shape index (κ3) is 5.78. The molecule has 0 amide bonds. The quantitative estimate of drug-likeness (QED) is 0.650. The molecule has 1 saturated heterocycles. The van der Waals surface area contributed by atoms with Crippen LogP contribution in [0.4, 0.5) is 0 Å². The van der Waals surface area contributed by atoms with Crippen LogP contribution in [-0.4, -0.2) is 73.9 Å². The Kier molecular flexibility index (Phi) is 7.29. The van der Waals surface area contributed by atoms with Crippen LogP contribution in [0.2, 0.25) is 0 Å². The molecule has 1 aliphatic rings. The molecule has 0 aromatic rings. The first-order valence-corrected chi connectivity index (χ1v) is 7.69. The average molecular weight is 271 g/mol. The number of rotatable bonds is 8. The largest absolute Gasteiger partial charge is 0.394 e. The van der Waals surface area contributed by atoms with Gasteiger partial charge < -0.3 is 20.2 Å². The summed E-state index contributed by atoms with van der Waals surface area (Å²) < 4.78 is 0. The normalized spacial score (nSPS) is 21.8. The number of aliphatic hydroxyl groups is 1. The molecule has 0 aromatic heterocycles. The maximum absolute atomic E-state index is 9.34. The third-order valence-corrected chi connectivity index (χ3v) is 4.75. The Morgan fingerprint density at radius 2 is 1.95 bits per heavy atom. The van der Waals surface area contributed by atoms with Crippen LogP contribution in [0.25, 0.3) is 0 Å². The molecule has 4 nitrogen and oxygen atoms in total. The minimum absolute atomic E-state index is 0.105. The summed E-state index contributed by atoms with van der Waals surface area (Å²) in [5.74, 6) is 0. The Morgan fingerprint density at radius 1 is 1.32 bits per heavy atom. The van der Waals surface area contributed by atoms with E-state index in [1.807, 2.05) is 7.05 Å². The molecule has 0 aliphatic carbocycles. The van der Waals surface area contributed by atoms with Crippen molar-refractivity contribution in [2.75, 3.05) is 47.4 Å². The van der Waals surface area contributed by atoms with Gasteiger partial charge >= 0.3 is 0 Å². The number of aliphatic hydroxyl groups excluding tert-OH is 1. The number of likely N-dealkylation sites (tertiary alicyclic amines) is 1. The molecule has 0 radical (unpaired) electrons. The molecule has 0 spiro atoms. The van der Waals surface area contributed by atoms with E-state index in [1.54, 1.807) is 0 Å². The zero-order valence-corrected chi connectivity index (χ0v) is 13.3. The Balaban J connectivity index is 2.15. The second kappa shape index (κ2) is 8.20. The van der Waals surface area contributed by atoms with Crippen LogP contribution in [0.15, 0.2) is 0 Å². The molecule has 1 fully saturated rings. The zero-order chi connectivity index (χ0) is 14.3. The van der Waals surface area contributed by atoms with Crippen molar-refractivity contribution in [3.8, 4) is 0 Å². The van der Waals surface area contributed by atoms with E-state index in [0.29, 0.717) is 0 Å². The molecule has 0 saturated carbocycles. The fraction of sp³-hybridized carbons (Fsp3) is 1.00. The van der Waals surface area contributed by atoms with Gasteiger partial charge in [-0.1, -0.05) is 6.42 Å². The molecule has 0 aromatic carbocycles. The fourth-order valence-corrected chi connectivity index (χ4v) is 2.78. The maximum atomic E-state index is 9.34. The van der Waals surface area contributed by atoms with E-state index in [9.17, 15) is 5.11 Å². The van der Waals surface area contributed by atoms with Crippen LogP contribution in [0.3, 0.4) is 0 Å². The lowest BCUT2D eigenvalue weighted by atomic mass is 9.96. The Labute approximate surface area is 119 Å². The molecule has 1 unspecified atom stereocenters. The van der Waals surface area contributed by atoms with E-state index < -0.39 is 0 Å². The number of hydrogen-bond acceptors (Lipinski definition) is 4. The van der Waals surface area contributed by atoms with Gasteiger partial charge in [-0.3, -0.25) is 0 Å². The molecule has 0 bridgehead atoms. The lowest BCUT2D eigenvalue weighted by Gasteiger charge is -2.35. The highest BCUT2D eigenvalue weighted by Gasteiger charge is 2.22. The van der Waals surface area contributed by atoms with E-state index in [0.717, 1.165) is 12.5 Å². The van der Waals surface area contributed by atoms with Crippen molar-refractivity contribution >= 4 is 0 Å². The zero-order valence-electron chi connectivity index (χ0n) is 13.3. The first-order valence-electron chi connectivity index (χ1n) is 7.69. The molecular formula is C15H33N3O. The third-order valence-electron chi connectivity index (χ3n) is 4.75. The number of unbranched alkanes of at least 4 members (excludes halogenated alkanes) is 1. The van der Waals surface area contributed by atoms with Crippen LogP contribution in [0, 0.1) is 0 Å². The predicted octanol–water partition coefficient (Wildman–Crippen LogP) is 1.15. The number of nitrogens with one attached hydrogen (secondary N) is 1. The molecule has 1 rings (SSSR count). The fourth-order valence-electron chi connectivity index (χ4n) is 2.78. The van der Waals surface area contributed by atoms with E-state index in [4.69, 9.17) is 0 Å². The smallest absolute Gasteiger partial charge is 0.0610 e. The average Bonchev–Trinajstić information content (AvgIpc) is 2.44. The molecule has 1 aliphatic heterocycles. The Morgan fingerprint density at radius 3 is 2.47 bits per heavy atom. The highest BCUT2D eigenvalue weighted by atomic mass is 16.3. The van der Waals surface area contributed by atoms with Crippen LogP contribution in [-0.2, 0) is 0 Å². The molecule has 1 atom stereocenters. The molecular weight excluding hydrogens is 238 g/mol. The van der Waals surface area contributed by atoms with Crippen molar-refractivity contribution in [3.05, 3.63) is 0 Å². The van der Waals surface area contributed by atoms with Gasteiger partial charge in [-0.25, -0.2) is 0 Å². The predicted molar refractivity (Wildman–Crippen MR) is 81.6 cm³/mol. The molecule has 114 valence electrons. The summed E-state index contributed by atoms with van der Waals surface area (Å²) >= 11 is 0. The summed E-state index contributed by atoms with van der Waals surface area (Å²) in [7, 11) is 6.41. The first kappa shape index (κ1) is 16.9. The van der Waals surface area contributed by atoms with Gasteiger partial charge in [-0.15, -0.1) is 0 Å². The summed E-state index contributed by atoms with van der Waals surface area (Å²) in [5.41, 5.74) is -0.105. The summed E-state index contributed by atoms with van der Waals surface area (Å²) in [6.07, 6.45) is 6.05. The molecule has 19 heavy (non-hydrogen) atoms. The standard InChI is InChI=1S/C15H33N3O/c1-15(13-19,16-2)9-5-6-10-18(4)14-7-11-17(3)12-8-14/h14,16,19H,5-13H2,1-4H3. The van der Waals surface area contributed by atoms with E-state index in [-0.39, 0.29) is 12.1 Å². The van der Waals surface area contributed by atoms with Gasteiger partial charge in [0.25, 0.3) is 0 Å². The summed E-state index contributed by atoms with van der Waals surface area (Å²) in [6, 6.07) is 0.768. The summed E-state index contributed by atoms with van der Waals surface area (Å²) in [5, 5.41) is 12.6.